The Morgan fingerprint density at radius 2 is 1.92 bits per heavy atom. The summed E-state index contributed by atoms with van der Waals surface area (Å²) in [6, 6.07) is 8.40. The van der Waals surface area contributed by atoms with Crippen LogP contribution in [0.2, 0.25) is 0 Å². The number of aryl methyl sites for hydroxylation is 1. The Kier molecular flexibility index (Phi) is 6.28. The summed E-state index contributed by atoms with van der Waals surface area (Å²) in [5.41, 5.74) is 7.07. The molecule has 1 aromatic carbocycles. The minimum absolute atomic E-state index is 0.189. The number of aliphatic hydroxyl groups excluding tert-OH is 1. The number of hydrogen-bond acceptors (Lipinski definition) is 6. The molecule has 3 rings (SSSR count). The van der Waals surface area contributed by atoms with Gasteiger partial charge in [0.1, 0.15) is 5.75 Å². The van der Waals surface area contributed by atoms with E-state index in [-0.39, 0.29) is 18.1 Å². The molecule has 1 aliphatic rings. The number of anilines is 2. The first-order valence-electron chi connectivity index (χ1n) is 9.48. The molecule has 0 bridgehead atoms. The molecule has 1 fully saturated rings. The number of nitrogens with one attached hydrogen (secondary N) is 1. The van der Waals surface area contributed by atoms with Gasteiger partial charge in [0.15, 0.2) is 11.6 Å². The monoisotopic (exact) mass is 356 g/mol. The third-order valence-corrected chi connectivity index (χ3v) is 4.78. The predicted molar refractivity (Wildman–Crippen MR) is 103 cm³/mol. The van der Waals surface area contributed by atoms with Crippen LogP contribution in [0.1, 0.15) is 51.0 Å². The van der Waals surface area contributed by atoms with Crippen LogP contribution in [-0.2, 0) is 6.42 Å². The minimum Gasteiger partial charge on any atom is -0.452 e. The van der Waals surface area contributed by atoms with Crippen LogP contribution in [0.3, 0.4) is 0 Å². The lowest BCUT2D eigenvalue weighted by Gasteiger charge is -2.27. The number of nitrogens with zero attached hydrogens (tertiary/aromatic N) is 2. The molecule has 0 unspecified atom stereocenters. The quantitative estimate of drug-likeness (QED) is 0.696. The van der Waals surface area contributed by atoms with Crippen LogP contribution in [-0.4, -0.2) is 27.2 Å². The van der Waals surface area contributed by atoms with E-state index in [1.54, 1.807) is 6.20 Å². The highest BCUT2D eigenvalue weighted by molar-refractivity contribution is 5.53. The fraction of sp³-hybridized carbons (Fsp3) is 0.500. The first kappa shape index (κ1) is 18.5. The SMILES string of the molecule is CCCCc1ccc(Oc2cnc(N)nc2NC2CCC(O)CC2)cc1. The van der Waals surface area contributed by atoms with Gasteiger partial charge < -0.3 is 20.9 Å². The van der Waals surface area contributed by atoms with Crippen molar-refractivity contribution in [2.24, 2.45) is 0 Å². The lowest BCUT2D eigenvalue weighted by molar-refractivity contribution is 0.126. The molecule has 0 atom stereocenters. The number of rotatable bonds is 7. The minimum atomic E-state index is -0.189. The molecule has 0 radical (unpaired) electrons. The molecule has 0 saturated heterocycles. The van der Waals surface area contributed by atoms with E-state index < -0.39 is 0 Å². The highest BCUT2D eigenvalue weighted by atomic mass is 16.5. The van der Waals surface area contributed by atoms with E-state index in [0.29, 0.717) is 11.6 Å². The zero-order valence-corrected chi connectivity index (χ0v) is 15.3. The third kappa shape index (κ3) is 5.08. The van der Waals surface area contributed by atoms with Crippen molar-refractivity contribution in [2.45, 2.75) is 64.0 Å². The largest absolute Gasteiger partial charge is 0.452 e. The number of hydrogen-bond donors (Lipinski definition) is 3. The second-order valence-electron chi connectivity index (χ2n) is 6.94. The van der Waals surface area contributed by atoms with Gasteiger partial charge >= 0.3 is 0 Å². The van der Waals surface area contributed by atoms with Crippen molar-refractivity contribution >= 4 is 11.8 Å². The highest BCUT2D eigenvalue weighted by Crippen LogP contribution is 2.30. The maximum absolute atomic E-state index is 9.66. The zero-order valence-electron chi connectivity index (χ0n) is 15.3. The molecule has 26 heavy (non-hydrogen) atoms. The summed E-state index contributed by atoms with van der Waals surface area (Å²) >= 11 is 0. The second kappa shape index (κ2) is 8.85. The number of unbranched alkanes of at least 4 members (excludes halogenated alkanes) is 1. The molecule has 0 amide bonds. The molecular weight excluding hydrogens is 328 g/mol. The van der Waals surface area contributed by atoms with E-state index >= 15 is 0 Å². The number of nitrogens with two attached hydrogens (primary N) is 1. The Morgan fingerprint density at radius 1 is 1.19 bits per heavy atom. The maximum atomic E-state index is 9.66. The summed E-state index contributed by atoms with van der Waals surface area (Å²) < 4.78 is 5.99. The second-order valence-corrected chi connectivity index (χ2v) is 6.94. The summed E-state index contributed by atoms with van der Waals surface area (Å²) in [5.74, 6) is 2.13. The Morgan fingerprint density at radius 3 is 2.62 bits per heavy atom. The Labute approximate surface area is 154 Å². The van der Waals surface area contributed by atoms with Crippen LogP contribution in [0.5, 0.6) is 11.5 Å². The third-order valence-electron chi connectivity index (χ3n) is 4.78. The topological polar surface area (TPSA) is 93.3 Å². The van der Waals surface area contributed by atoms with Crippen molar-refractivity contribution in [1.82, 2.24) is 9.97 Å². The number of aliphatic hydroxyl groups is 1. The van der Waals surface area contributed by atoms with Gasteiger partial charge in [-0.2, -0.15) is 4.98 Å². The Balaban J connectivity index is 1.69. The van der Waals surface area contributed by atoms with Gasteiger partial charge in [0.25, 0.3) is 0 Å². The molecule has 1 saturated carbocycles. The van der Waals surface area contributed by atoms with Crippen molar-refractivity contribution in [3.63, 3.8) is 0 Å². The van der Waals surface area contributed by atoms with Gasteiger partial charge in [0.2, 0.25) is 5.95 Å². The molecule has 4 N–H and O–H groups in total. The smallest absolute Gasteiger partial charge is 0.222 e. The van der Waals surface area contributed by atoms with Crippen LogP contribution in [0.4, 0.5) is 11.8 Å². The first-order chi connectivity index (χ1) is 12.6. The molecule has 1 aromatic heterocycles. The van der Waals surface area contributed by atoms with Crippen LogP contribution < -0.4 is 15.8 Å². The zero-order chi connectivity index (χ0) is 18.4. The van der Waals surface area contributed by atoms with Gasteiger partial charge in [-0.15, -0.1) is 0 Å². The number of aromatic nitrogens is 2. The van der Waals surface area contributed by atoms with Gasteiger partial charge in [-0.05, 0) is 56.2 Å². The van der Waals surface area contributed by atoms with E-state index in [2.05, 4.69) is 34.3 Å². The lowest BCUT2D eigenvalue weighted by Crippen LogP contribution is -2.28. The van der Waals surface area contributed by atoms with Gasteiger partial charge in [0.05, 0.1) is 12.3 Å². The molecule has 6 nitrogen and oxygen atoms in total. The van der Waals surface area contributed by atoms with Crippen molar-refractivity contribution in [1.29, 1.82) is 0 Å². The molecule has 2 aromatic rings. The first-order valence-corrected chi connectivity index (χ1v) is 9.48. The van der Waals surface area contributed by atoms with Crippen molar-refractivity contribution in [3.05, 3.63) is 36.0 Å². The van der Waals surface area contributed by atoms with Crippen molar-refractivity contribution < 1.29 is 9.84 Å². The maximum Gasteiger partial charge on any atom is 0.222 e. The molecule has 1 heterocycles. The van der Waals surface area contributed by atoms with Gasteiger partial charge in [-0.3, -0.25) is 0 Å². The van der Waals surface area contributed by atoms with Crippen molar-refractivity contribution in [2.75, 3.05) is 11.1 Å². The predicted octanol–water partition coefficient (Wildman–Crippen LogP) is 3.91. The Bertz CT molecular complexity index is 697. The van der Waals surface area contributed by atoms with Gasteiger partial charge in [-0.1, -0.05) is 25.5 Å². The average Bonchev–Trinajstić information content (AvgIpc) is 2.65. The normalized spacial score (nSPS) is 19.9. The van der Waals surface area contributed by atoms with Gasteiger partial charge in [0, 0.05) is 6.04 Å². The Hall–Kier alpha value is -2.34. The summed E-state index contributed by atoms with van der Waals surface area (Å²) in [4.78, 5) is 8.37. The highest BCUT2D eigenvalue weighted by Gasteiger charge is 2.21. The van der Waals surface area contributed by atoms with Crippen LogP contribution >= 0.6 is 0 Å². The molecular formula is C20H28N4O2. The molecule has 140 valence electrons. The molecule has 0 spiro atoms. The van der Waals surface area contributed by atoms with E-state index in [0.717, 1.165) is 37.9 Å². The molecule has 6 heteroatoms. The molecule has 0 aliphatic heterocycles. The van der Waals surface area contributed by atoms with E-state index in [1.165, 1.54) is 18.4 Å². The standard InChI is InChI=1S/C20H28N4O2/c1-2-3-4-14-5-11-17(12-6-14)26-18-13-22-20(21)24-19(18)23-15-7-9-16(25)10-8-15/h5-6,11-13,15-16,25H,2-4,7-10H2,1H3,(H3,21,22,23,24). The average molecular weight is 356 g/mol. The molecule has 1 aliphatic carbocycles. The van der Waals surface area contributed by atoms with Crippen LogP contribution in [0.15, 0.2) is 30.5 Å². The summed E-state index contributed by atoms with van der Waals surface area (Å²) in [6.07, 6.45) is 8.28. The van der Waals surface area contributed by atoms with Crippen LogP contribution in [0, 0.1) is 0 Å². The van der Waals surface area contributed by atoms with Crippen molar-refractivity contribution in [3.8, 4) is 11.5 Å². The van der Waals surface area contributed by atoms with Crippen LogP contribution in [0.25, 0.3) is 0 Å². The van der Waals surface area contributed by atoms with E-state index in [9.17, 15) is 5.11 Å². The fourth-order valence-corrected chi connectivity index (χ4v) is 3.21. The van der Waals surface area contributed by atoms with E-state index in [1.807, 2.05) is 12.1 Å². The fourth-order valence-electron chi connectivity index (χ4n) is 3.21. The van der Waals surface area contributed by atoms with E-state index in [4.69, 9.17) is 10.5 Å². The summed E-state index contributed by atoms with van der Waals surface area (Å²) in [7, 11) is 0. The van der Waals surface area contributed by atoms with Gasteiger partial charge in [-0.25, -0.2) is 4.98 Å². The number of benzene rings is 1. The number of ether oxygens (including phenoxy) is 1. The summed E-state index contributed by atoms with van der Waals surface area (Å²) in [5, 5.41) is 13.1. The number of nitrogen functional groups attached to an aromatic ring is 1. The lowest BCUT2D eigenvalue weighted by atomic mass is 9.93. The summed E-state index contributed by atoms with van der Waals surface area (Å²) in [6.45, 7) is 2.19.